The van der Waals surface area contributed by atoms with Gasteiger partial charge in [0.2, 0.25) is 5.75 Å². The minimum atomic E-state index is -0.729. The molecule has 1 amide bonds. The number of nitrogens with zero attached hydrogens (tertiary/aromatic N) is 2. The van der Waals surface area contributed by atoms with Gasteiger partial charge in [-0.15, -0.1) is 11.3 Å². The van der Waals surface area contributed by atoms with Gasteiger partial charge in [0.1, 0.15) is 4.88 Å². The van der Waals surface area contributed by atoms with Crippen LogP contribution < -0.4 is 10.2 Å². The van der Waals surface area contributed by atoms with Crippen molar-refractivity contribution in [1.82, 2.24) is 5.43 Å². The lowest BCUT2D eigenvalue weighted by molar-refractivity contribution is -0.386. The number of phenols is 1. The van der Waals surface area contributed by atoms with Crippen LogP contribution in [0.15, 0.2) is 52.9 Å². The van der Waals surface area contributed by atoms with Crippen molar-refractivity contribution in [3.63, 3.8) is 0 Å². The van der Waals surface area contributed by atoms with Gasteiger partial charge in [-0.05, 0) is 30.0 Å². The normalized spacial score (nSPS) is 10.8. The van der Waals surface area contributed by atoms with Gasteiger partial charge >= 0.3 is 5.69 Å². The molecular weight excluding hydrogens is 394 g/mol. The summed E-state index contributed by atoms with van der Waals surface area (Å²) in [5.74, 6) is -1.03. The summed E-state index contributed by atoms with van der Waals surface area (Å²) in [5.41, 5.74) is 5.04. The van der Waals surface area contributed by atoms with Crippen molar-refractivity contribution in [2.24, 2.45) is 5.10 Å². The first-order valence-electron chi connectivity index (χ1n) is 8.44. The number of hydrazone groups is 1. The highest BCUT2D eigenvalue weighted by Gasteiger charge is 2.19. The van der Waals surface area contributed by atoms with Crippen molar-refractivity contribution < 1.29 is 19.6 Å². The van der Waals surface area contributed by atoms with E-state index in [0.717, 1.165) is 22.8 Å². The molecule has 1 aromatic heterocycles. The number of nitro benzene ring substituents is 1. The van der Waals surface area contributed by atoms with Crippen molar-refractivity contribution in [2.45, 2.75) is 6.92 Å². The molecule has 0 atom stereocenters. The Kier molecular flexibility index (Phi) is 5.89. The number of carbonyl (C=O) groups is 1. The van der Waals surface area contributed by atoms with Gasteiger partial charge in [-0.3, -0.25) is 14.9 Å². The predicted molar refractivity (Wildman–Crippen MR) is 111 cm³/mol. The van der Waals surface area contributed by atoms with Crippen LogP contribution in [0.1, 0.15) is 20.8 Å². The lowest BCUT2D eigenvalue weighted by atomic mass is 10.1. The molecule has 1 heterocycles. The van der Waals surface area contributed by atoms with Gasteiger partial charge in [0, 0.05) is 17.2 Å². The Morgan fingerprint density at radius 3 is 2.66 bits per heavy atom. The molecule has 0 spiro atoms. The number of amides is 1. The van der Waals surface area contributed by atoms with Gasteiger partial charge in [-0.1, -0.05) is 29.8 Å². The van der Waals surface area contributed by atoms with E-state index >= 15 is 0 Å². The highest BCUT2D eigenvalue weighted by atomic mass is 32.1. The minimum absolute atomic E-state index is 0.0631. The Labute approximate surface area is 170 Å². The average molecular weight is 411 g/mol. The molecular formula is C20H17N3O5S. The fraction of sp³-hybridized carbons (Fsp3) is 0.100. The molecule has 0 aliphatic carbocycles. The maximum atomic E-state index is 12.5. The number of hydrogen-bond donors (Lipinski definition) is 2. The molecule has 2 aromatic carbocycles. The van der Waals surface area contributed by atoms with Crippen molar-refractivity contribution in [2.75, 3.05) is 7.11 Å². The summed E-state index contributed by atoms with van der Waals surface area (Å²) in [4.78, 5) is 23.3. The van der Waals surface area contributed by atoms with E-state index in [0.29, 0.717) is 4.88 Å². The summed E-state index contributed by atoms with van der Waals surface area (Å²) in [5, 5.41) is 26.5. The quantitative estimate of drug-likeness (QED) is 0.360. The summed E-state index contributed by atoms with van der Waals surface area (Å²) >= 11 is 1.29. The second-order valence-corrected chi connectivity index (χ2v) is 6.99. The van der Waals surface area contributed by atoms with E-state index in [1.807, 2.05) is 42.6 Å². The van der Waals surface area contributed by atoms with Crippen LogP contribution in [0.5, 0.6) is 11.5 Å². The maximum absolute atomic E-state index is 12.5. The highest BCUT2D eigenvalue weighted by Crippen LogP contribution is 2.36. The second kappa shape index (κ2) is 8.53. The number of ether oxygens (including phenoxy) is 1. The van der Waals surface area contributed by atoms with Gasteiger partial charge in [-0.25, -0.2) is 5.43 Å². The number of phenolic OH excluding ortho intramolecular Hbond substituents is 1. The third kappa shape index (κ3) is 4.41. The number of rotatable bonds is 6. The van der Waals surface area contributed by atoms with Crippen LogP contribution in [0.2, 0.25) is 0 Å². The van der Waals surface area contributed by atoms with Crippen molar-refractivity contribution >= 4 is 29.1 Å². The van der Waals surface area contributed by atoms with Crippen LogP contribution in [-0.4, -0.2) is 29.3 Å². The number of benzene rings is 2. The number of methoxy groups -OCH3 is 1. The summed E-state index contributed by atoms with van der Waals surface area (Å²) in [6.07, 6.45) is 1.24. The third-order valence-electron chi connectivity index (χ3n) is 4.11. The average Bonchev–Trinajstić information content (AvgIpc) is 3.19. The molecule has 0 saturated heterocycles. The molecule has 0 aliphatic heterocycles. The molecule has 9 heteroatoms. The number of aromatic hydroxyl groups is 1. The monoisotopic (exact) mass is 411 g/mol. The fourth-order valence-electron chi connectivity index (χ4n) is 2.64. The van der Waals surface area contributed by atoms with Crippen LogP contribution in [0.25, 0.3) is 11.1 Å². The smallest absolute Gasteiger partial charge is 0.315 e. The van der Waals surface area contributed by atoms with Crippen LogP contribution in [-0.2, 0) is 0 Å². The molecule has 2 N–H and O–H groups in total. The molecule has 0 aliphatic rings. The van der Waals surface area contributed by atoms with Gasteiger partial charge in [0.05, 0.1) is 18.2 Å². The summed E-state index contributed by atoms with van der Waals surface area (Å²) in [6.45, 7) is 1.99. The molecule has 0 bridgehead atoms. The maximum Gasteiger partial charge on any atom is 0.315 e. The first kappa shape index (κ1) is 20.0. The van der Waals surface area contributed by atoms with Gasteiger partial charge < -0.3 is 9.84 Å². The molecule has 148 valence electrons. The van der Waals surface area contributed by atoms with Crippen molar-refractivity contribution in [1.29, 1.82) is 0 Å². The van der Waals surface area contributed by atoms with Crippen LogP contribution >= 0.6 is 11.3 Å². The Morgan fingerprint density at radius 1 is 1.28 bits per heavy atom. The summed E-state index contributed by atoms with van der Waals surface area (Å²) < 4.78 is 4.93. The molecule has 8 nitrogen and oxygen atoms in total. The number of hydrogen-bond acceptors (Lipinski definition) is 7. The number of nitro groups is 1. The summed E-state index contributed by atoms with van der Waals surface area (Å²) in [7, 11) is 1.28. The molecule has 0 fully saturated rings. The van der Waals surface area contributed by atoms with E-state index < -0.39 is 22.3 Å². The summed E-state index contributed by atoms with van der Waals surface area (Å²) in [6, 6.07) is 12.2. The van der Waals surface area contributed by atoms with Crippen LogP contribution in [0.3, 0.4) is 0 Å². The van der Waals surface area contributed by atoms with Crippen molar-refractivity contribution in [3.05, 3.63) is 74.0 Å². The van der Waals surface area contributed by atoms with Crippen LogP contribution in [0, 0.1) is 17.0 Å². The molecule has 3 aromatic rings. The highest BCUT2D eigenvalue weighted by molar-refractivity contribution is 7.12. The third-order valence-corrected chi connectivity index (χ3v) is 5.02. The first-order valence-corrected chi connectivity index (χ1v) is 9.32. The predicted octanol–water partition coefficient (Wildman–Crippen LogP) is 4.11. The standard InChI is InChI=1S/C20H17N3O5S/c1-12-3-5-14(6-4-12)15-7-8-29-19(15)20(25)22-21-11-13-9-16(23(26)27)18(24)17(10-13)28-2/h3-11,24H,1-2H3,(H,22,25)/b21-11+. The Balaban J connectivity index is 1.79. The van der Waals surface area contributed by atoms with Crippen LogP contribution in [0.4, 0.5) is 5.69 Å². The van der Waals surface area contributed by atoms with E-state index in [1.165, 1.54) is 30.7 Å². The Bertz CT molecular complexity index is 1090. The number of nitrogens with one attached hydrogen (secondary N) is 1. The lowest BCUT2D eigenvalue weighted by Crippen LogP contribution is -2.17. The lowest BCUT2D eigenvalue weighted by Gasteiger charge is -2.05. The fourth-order valence-corrected chi connectivity index (χ4v) is 3.45. The van der Waals surface area contributed by atoms with Gasteiger partial charge in [-0.2, -0.15) is 5.10 Å². The van der Waals surface area contributed by atoms with E-state index in [2.05, 4.69) is 10.5 Å². The van der Waals surface area contributed by atoms with E-state index in [4.69, 9.17) is 4.74 Å². The van der Waals surface area contributed by atoms with E-state index in [1.54, 1.807) is 0 Å². The number of aryl methyl sites for hydroxylation is 1. The van der Waals surface area contributed by atoms with Gasteiger partial charge in [0.15, 0.2) is 5.75 Å². The number of thiophene rings is 1. The van der Waals surface area contributed by atoms with Gasteiger partial charge in [0.25, 0.3) is 5.91 Å². The zero-order valence-corrected chi connectivity index (χ0v) is 16.4. The minimum Gasteiger partial charge on any atom is -0.500 e. The van der Waals surface area contributed by atoms with Crippen molar-refractivity contribution in [3.8, 4) is 22.6 Å². The Morgan fingerprint density at radius 2 is 2.00 bits per heavy atom. The molecule has 0 radical (unpaired) electrons. The molecule has 29 heavy (non-hydrogen) atoms. The Hall–Kier alpha value is -3.72. The van der Waals surface area contributed by atoms with E-state index in [-0.39, 0.29) is 11.3 Å². The zero-order valence-electron chi connectivity index (χ0n) is 15.6. The molecule has 0 saturated carbocycles. The number of carbonyl (C=O) groups excluding carboxylic acids is 1. The van der Waals surface area contributed by atoms with E-state index in [9.17, 15) is 20.0 Å². The largest absolute Gasteiger partial charge is 0.500 e. The second-order valence-electron chi connectivity index (χ2n) is 6.08. The molecule has 3 rings (SSSR count). The SMILES string of the molecule is COc1cc(/C=N/NC(=O)c2sccc2-c2ccc(C)cc2)cc([N+](=O)[O-])c1O. The first-order chi connectivity index (χ1) is 13.9. The zero-order chi connectivity index (χ0) is 21.0. The topological polar surface area (TPSA) is 114 Å². The molecule has 0 unspecified atom stereocenters.